The third-order valence-electron chi connectivity index (χ3n) is 2.42. The number of benzene rings is 1. The summed E-state index contributed by atoms with van der Waals surface area (Å²) in [5, 5.41) is 2.60. The molecule has 1 aromatic rings. The molecule has 0 heterocycles. The second-order valence-electron chi connectivity index (χ2n) is 4.29. The Labute approximate surface area is 118 Å². The van der Waals surface area contributed by atoms with Crippen molar-refractivity contribution in [1.82, 2.24) is 10.2 Å². The minimum atomic E-state index is -0.200. The monoisotopic (exact) mass is 274 g/mol. The van der Waals surface area contributed by atoms with E-state index in [1.165, 1.54) is 12.0 Å². The van der Waals surface area contributed by atoms with Gasteiger partial charge in [0.1, 0.15) is 6.61 Å². The molecule has 1 aromatic carbocycles. The summed E-state index contributed by atoms with van der Waals surface area (Å²) >= 11 is 0. The van der Waals surface area contributed by atoms with Crippen LogP contribution >= 0.6 is 0 Å². The molecule has 5 nitrogen and oxygen atoms in total. The molecule has 0 aromatic heterocycles. The van der Waals surface area contributed by atoms with Crippen molar-refractivity contribution in [2.24, 2.45) is 0 Å². The number of hydrogen-bond acceptors (Lipinski definition) is 3. The topological polar surface area (TPSA) is 58.6 Å². The Balaban J connectivity index is 2.54. The van der Waals surface area contributed by atoms with Gasteiger partial charge in [-0.1, -0.05) is 11.8 Å². The third-order valence-corrected chi connectivity index (χ3v) is 2.42. The summed E-state index contributed by atoms with van der Waals surface area (Å²) in [6.07, 6.45) is 0. The lowest BCUT2D eigenvalue weighted by Gasteiger charge is -2.09. The quantitative estimate of drug-likeness (QED) is 0.814. The summed E-state index contributed by atoms with van der Waals surface area (Å²) < 4.78 is 4.68. The van der Waals surface area contributed by atoms with Gasteiger partial charge in [-0.3, -0.25) is 9.59 Å². The number of hydrogen-bond donors (Lipinski definition) is 1. The van der Waals surface area contributed by atoms with Crippen molar-refractivity contribution in [3.63, 3.8) is 0 Å². The normalized spacial score (nSPS) is 9.35. The van der Waals surface area contributed by atoms with Crippen LogP contribution in [-0.4, -0.2) is 51.1 Å². The summed E-state index contributed by atoms with van der Waals surface area (Å²) in [5.74, 6) is 5.49. The number of nitrogens with zero attached hydrogens (tertiary/aromatic N) is 1. The highest BCUT2D eigenvalue weighted by atomic mass is 16.5. The van der Waals surface area contributed by atoms with Gasteiger partial charge >= 0.3 is 0 Å². The summed E-state index contributed by atoms with van der Waals surface area (Å²) in [7, 11) is 4.87. The van der Waals surface area contributed by atoms with Gasteiger partial charge in [-0.15, -0.1) is 0 Å². The maximum atomic E-state index is 11.7. The summed E-state index contributed by atoms with van der Waals surface area (Å²) in [5.41, 5.74) is 1.41. The molecule has 0 spiro atoms. The van der Waals surface area contributed by atoms with Crippen LogP contribution < -0.4 is 5.32 Å². The average Bonchev–Trinajstić information content (AvgIpc) is 2.43. The van der Waals surface area contributed by atoms with Crippen LogP contribution in [0.15, 0.2) is 24.3 Å². The first-order valence-electron chi connectivity index (χ1n) is 6.11. The Bertz CT molecular complexity index is 524. The van der Waals surface area contributed by atoms with Gasteiger partial charge in [0, 0.05) is 32.3 Å². The van der Waals surface area contributed by atoms with E-state index in [2.05, 4.69) is 21.9 Å². The van der Waals surface area contributed by atoms with Crippen LogP contribution in [0.2, 0.25) is 0 Å². The molecule has 2 amide bonds. The highest BCUT2D eigenvalue weighted by molar-refractivity contribution is 5.93. The molecule has 5 heteroatoms. The highest BCUT2D eigenvalue weighted by Crippen LogP contribution is 2.05. The van der Waals surface area contributed by atoms with Gasteiger partial charge in [-0.05, 0) is 24.3 Å². The van der Waals surface area contributed by atoms with E-state index < -0.39 is 0 Å². The lowest BCUT2D eigenvalue weighted by Crippen LogP contribution is -2.27. The largest absolute Gasteiger partial charge is 0.375 e. The van der Waals surface area contributed by atoms with Crippen LogP contribution in [0.4, 0.5) is 0 Å². The molecule has 1 rings (SSSR count). The Kier molecular flexibility index (Phi) is 6.27. The van der Waals surface area contributed by atoms with Crippen molar-refractivity contribution in [3.05, 3.63) is 35.4 Å². The molecular weight excluding hydrogens is 256 g/mol. The number of carbonyl (C=O) groups excluding carboxylic acids is 2. The summed E-state index contributed by atoms with van der Waals surface area (Å²) in [6.45, 7) is 0.295. The Morgan fingerprint density at radius 2 is 1.90 bits per heavy atom. The van der Waals surface area contributed by atoms with Gasteiger partial charge in [-0.25, -0.2) is 0 Å². The van der Waals surface area contributed by atoms with Crippen molar-refractivity contribution in [2.75, 3.05) is 34.4 Å². The van der Waals surface area contributed by atoms with Gasteiger partial charge in [0.2, 0.25) is 5.91 Å². The smallest absolute Gasteiger partial charge is 0.253 e. The maximum Gasteiger partial charge on any atom is 0.253 e. The molecule has 0 unspecified atom stereocenters. The molecule has 0 aliphatic carbocycles. The van der Waals surface area contributed by atoms with Gasteiger partial charge < -0.3 is 15.0 Å². The Morgan fingerprint density at radius 3 is 2.45 bits per heavy atom. The Hall–Kier alpha value is -2.32. The zero-order chi connectivity index (χ0) is 15.0. The second-order valence-corrected chi connectivity index (χ2v) is 4.29. The molecule has 0 saturated heterocycles. The molecular formula is C15H18N2O3. The van der Waals surface area contributed by atoms with Crippen LogP contribution in [-0.2, 0) is 9.53 Å². The van der Waals surface area contributed by atoms with E-state index in [0.717, 1.165) is 5.56 Å². The minimum absolute atomic E-state index is 0.0308. The first-order chi connectivity index (χ1) is 9.54. The minimum Gasteiger partial charge on any atom is -0.375 e. The molecule has 1 N–H and O–H groups in total. The first-order valence-corrected chi connectivity index (χ1v) is 6.11. The zero-order valence-corrected chi connectivity index (χ0v) is 11.9. The van der Waals surface area contributed by atoms with Crippen molar-refractivity contribution < 1.29 is 14.3 Å². The maximum absolute atomic E-state index is 11.7. The Morgan fingerprint density at radius 1 is 1.25 bits per heavy atom. The van der Waals surface area contributed by atoms with Gasteiger partial charge in [0.25, 0.3) is 5.91 Å². The van der Waals surface area contributed by atoms with E-state index in [0.29, 0.717) is 5.56 Å². The van der Waals surface area contributed by atoms with Crippen molar-refractivity contribution in [2.45, 2.75) is 0 Å². The zero-order valence-electron chi connectivity index (χ0n) is 11.9. The predicted molar refractivity (Wildman–Crippen MR) is 76.2 cm³/mol. The van der Waals surface area contributed by atoms with Crippen LogP contribution in [0.1, 0.15) is 15.9 Å². The van der Waals surface area contributed by atoms with Crippen LogP contribution in [0, 0.1) is 11.8 Å². The first kappa shape index (κ1) is 15.7. The number of nitrogens with one attached hydrogen (secondary N) is 1. The second kappa shape index (κ2) is 7.97. The fourth-order valence-electron chi connectivity index (χ4n) is 1.43. The van der Waals surface area contributed by atoms with Crippen molar-refractivity contribution in [3.8, 4) is 11.8 Å². The van der Waals surface area contributed by atoms with Crippen molar-refractivity contribution in [1.29, 1.82) is 0 Å². The van der Waals surface area contributed by atoms with E-state index >= 15 is 0 Å². The molecule has 0 bridgehead atoms. The number of ether oxygens (including phenoxy) is 1. The predicted octanol–water partition coefficient (Wildman–Crippen LogP) is 0.503. The van der Waals surface area contributed by atoms with E-state index in [1.807, 2.05) is 0 Å². The van der Waals surface area contributed by atoms with Crippen LogP contribution in [0.25, 0.3) is 0 Å². The van der Waals surface area contributed by atoms with Gasteiger partial charge in [-0.2, -0.15) is 0 Å². The molecule has 0 aliphatic rings. The third kappa shape index (κ3) is 5.12. The number of methoxy groups -OCH3 is 1. The van der Waals surface area contributed by atoms with E-state index in [1.54, 1.807) is 38.4 Å². The van der Waals surface area contributed by atoms with E-state index in [4.69, 9.17) is 0 Å². The summed E-state index contributed by atoms with van der Waals surface area (Å²) in [4.78, 5) is 24.3. The van der Waals surface area contributed by atoms with Gasteiger partial charge in [0.15, 0.2) is 0 Å². The molecule has 0 atom stereocenters. The SMILES string of the molecule is COCC(=O)NCC#Cc1ccc(C(=O)N(C)C)cc1. The van der Waals surface area contributed by atoms with Crippen LogP contribution in [0.3, 0.4) is 0 Å². The lowest BCUT2D eigenvalue weighted by molar-refractivity contribution is -0.124. The van der Waals surface area contributed by atoms with Crippen molar-refractivity contribution >= 4 is 11.8 Å². The number of amides is 2. The average molecular weight is 274 g/mol. The standard InChI is InChI=1S/C15H18N2O3/c1-17(2)15(19)13-8-6-12(7-9-13)5-4-10-16-14(18)11-20-3/h6-9H,10-11H2,1-3H3,(H,16,18). The molecule has 0 radical (unpaired) electrons. The highest BCUT2D eigenvalue weighted by Gasteiger charge is 2.06. The molecule has 0 saturated carbocycles. The summed E-state index contributed by atoms with van der Waals surface area (Å²) in [6, 6.07) is 7.02. The lowest BCUT2D eigenvalue weighted by atomic mass is 10.1. The molecule has 0 fully saturated rings. The fourth-order valence-corrected chi connectivity index (χ4v) is 1.43. The molecule has 0 aliphatic heterocycles. The fraction of sp³-hybridized carbons (Fsp3) is 0.333. The number of rotatable bonds is 4. The molecule has 20 heavy (non-hydrogen) atoms. The molecule has 106 valence electrons. The van der Waals surface area contributed by atoms with Gasteiger partial charge in [0.05, 0.1) is 6.54 Å². The van der Waals surface area contributed by atoms with E-state index in [-0.39, 0.29) is 25.0 Å². The van der Waals surface area contributed by atoms with E-state index in [9.17, 15) is 9.59 Å². The van der Waals surface area contributed by atoms with Crippen LogP contribution in [0.5, 0.6) is 0 Å². The number of carbonyl (C=O) groups is 2.